The number of aromatic nitrogens is 3. The molecule has 36 heavy (non-hydrogen) atoms. The molecule has 0 spiro atoms. The summed E-state index contributed by atoms with van der Waals surface area (Å²) in [5.74, 6) is 0.837. The number of amides is 1. The van der Waals surface area contributed by atoms with E-state index in [1.807, 2.05) is 35.2 Å². The second kappa shape index (κ2) is 8.89. The summed E-state index contributed by atoms with van der Waals surface area (Å²) in [6.45, 7) is 12.3. The van der Waals surface area contributed by atoms with E-state index in [0.29, 0.717) is 47.5 Å². The Morgan fingerprint density at radius 3 is 2.39 bits per heavy atom. The van der Waals surface area contributed by atoms with Crippen LogP contribution >= 0.6 is 11.6 Å². The van der Waals surface area contributed by atoms with Crippen molar-refractivity contribution in [1.82, 2.24) is 19.9 Å². The first-order valence-corrected chi connectivity index (χ1v) is 12.5. The minimum atomic E-state index is -0.442. The van der Waals surface area contributed by atoms with E-state index < -0.39 is 5.54 Å². The molecule has 1 amide bonds. The predicted octanol–water partition coefficient (Wildman–Crippen LogP) is 5.98. The fourth-order valence-electron chi connectivity index (χ4n) is 4.74. The minimum absolute atomic E-state index is 0.139. The molecule has 1 fully saturated rings. The summed E-state index contributed by atoms with van der Waals surface area (Å²) in [6.07, 6.45) is 3.47. The van der Waals surface area contributed by atoms with E-state index in [2.05, 4.69) is 49.5 Å². The van der Waals surface area contributed by atoms with Gasteiger partial charge in [-0.25, -0.2) is 15.0 Å². The molecule has 7 nitrogen and oxygen atoms in total. The Labute approximate surface area is 216 Å². The van der Waals surface area contributed by atoms with E-state index in [1.165, 1.54) is 0 Å². The number of rotatable bonds is 3. The maximum absolute atomic E-state index is 13.7. The number of halogens is 1. The second-order valence-corrected chi connectivity index (χ2v) is 11.3. The van der Waals surface area contributed by atoms with Crippen LogP contribution in [0.3, 0.4) is 0 Å². The molecule has 1 aliphatic rings. The van der Waals surface area contributed by atoms with Crippen LogP contribution in [0.25, 0.3) is 22.4 Å². The largest absolute Gasteiger partial charge is 0.449 e. The van der Waals surface area contributed by atoms with Crippen LogP contribution in [0.15, 0.2) is 59.3 Å². The molecule has 0 radical (unpaired) electrons. The van der Waals surface area contributed by atoms with Gasteiger partial charge < -0.3 is 14.2 Å². The quantitative estimate of drug-likeness (QED) is 0.342. The number of benzene rings is 1. The van der Waals surface area contributed by atoms with Gasteiger partial charge in [0.2, 0.25) is 5.95 Å². The van der Waals surface area contributed by atoms with Crippen molar-refractivity contribution in [3.63, 3.8) is 0 Å². The molecule has 0 saturated carbocycles. The number of furan rings is 1. The van der Waals surface area contributed by atoms with Gasteiger partial charge in [0.1, 0.15) is 5.52 Å². The molecule has 3 aromatic heterocycles. The lowest BCUT2D eigenvalue weighted by Gasteiger charge is -2.46. The molecule has 186 valence electrons. The van der Waals surface area contributed by atoms with Crippen molar-refractivity contribution in [3.05, 3.63) is 71.2 Å². The van der Waals surface area contributed by atoms with Gasteiger partial charge in [-0.15, -0.1) is 0 Å². The van der Waals surface area contributed by atoms with Crippen molar-refractivity contribution in [2.45, 2.75) is 45.6 Å². The van der Waals surface area contributed by atoms with Crippen LogP contribution in [0.5, 0.6) is 0 Å². The standard InChI is InChI=1S/C28H30ClN5O2/c1-27(2,3)20-15-21(18-7-9-19(29)10-8-18)32-22-16-23(36-24(20)22)25(35)34-14-13-33(17-28(34,4)5)26-30-11-6-12-31-26/h6-12,15-16H,13-14,17H2,1-5H3. The lowest BCUT2D eigenvalue weighted by atomic mass is 9.86. The maximum Gasteiger partial charge on any atom is 0.290 e. The zero-order valence-electron chi connectivity index (χ0n) is 21.2. The third-order valence-corrected chi connectivity index (χ3v) is 6.87. The summed E-state index contributed by atoms with van der Waals surface area (Å²) in [4.78, 5) is 31.3. The van der Waals surface area contributed by atoms with E-state index in [4.69, 9.17) is 21.0 Å². The molecular formula is C28H30ClN5O2. The maximum atomic E-state index is 13.7. The normalized spacial score (nSPS) is 15.9. The molecule has 1 saturated heterocycles. The molecular weight excluding hydrogens is 474 g/mol. The van der Waals surface area contributed by atoms with Crippen LogP contribution in [0.1, 0.15) is 50.7 Å². The fraction of sp³-hybridized carbons (Fsp3) is 0.357. The van der Waals surface area contributed by atoms with Crippen molar-refractivity contribution in [2.75, 3.05) is 24.5 Å². The summed E-state index contributed by atoms with van der Waals surface area (Å²) >= 11 is 6.09. The van der Waals surface area contributed by atoms with Crippen molar-refractivity contribution in [1.29, 1.82) is 0 Å². The first kappa shape index (κ1) is 24.3. The molecule has 0 aliphatic carbocycles. The zero-order valence-corrected chi connectivity index (χ0v) is 22.0. The van der Waals surface area contributed by atoms with E-state index in [-0.39, 0.29) is 11.3 Å². The Hall–Kier alpha value is -3.45. The van der Waals surface area contributed by atoms with Crippen molar-refractivity contribution >= 4 is 34.6 Å². The van der Waals surface area contributed by atoms with Crippen LogP contribution in [0.2, 0.25) is 5.02 Å². The molecule has 1 aliphatic heterocycles. The highest BCUT2D eigenvalue weighted by Gasteiger charge is 2.39. The smallest absolute Gasteiger partial charge is 0.290 e. The SMILES string of the molecule is CC(C)(C)c1cc(-c2ccc(Cl)cc2)nc2cc(C(=O)N3CCN(c4ncccn4)CC3(C)C)oc12. The lowest BCUT2D eigenvalue weighted by Crippen LogP contribution is -2.61. The van der Waals surface area contributed by atoms with E-state index in [9.17, 15) is 4.79 Å². The fourth-order valence-corrected chi connectivity index (χ4v) is 4.87. The molecule has 4 aromatic rings. The number of pyridine rings is 1. The number of hydrogen-bond donors (Lipinski definition) is 0. The minimum Gasteiger partial charge on any atom is -0.449 e. The molecule has 8 heteroatoms. The van der Waals surface area contributed by atoms with Gasteiger partial charge in [0, 0.05) is 54.2 Å². The van der Waals surface area contributed by atoms with Gasteiger partial charge in [-0.1, -0.05) is 44.5 Å². The van der Waals surface area contributed by atoms with Crippen molar-refractivity contribution in [2.24, 2.45) is 0 Å². The summed E-state index contributed by atoms with van der Waals surface area (Å²) in [7, 11) is 0. The first-order valence-electron chi connectivity index (χ1n) is 12.1. The topological polar surface area (TPSA) is 75.4 Å². The summed E-state index contributed by atoms with van der Waals surface area (Å²) < 4.78 is 6.24. The van der Waals surface area contributed by atoms with Crippen LogP contribution in [0, 0.1) is 0 Å². The molecule has 5 rings (SSSR count). The monoisotopic (exact) mass is 503 g/mol. The molecule has 4 heterocycles. The first-order chi connectivity index (χ1) is 17.0. The predicted molar refractivity (Wildman–Crippen MR) is 143 cm³/mol. The molecule has 0 bridgehead atoms. The van der Waals surface area contributed by atoms with Gasteiger partial charge in [-0.3, -0.25) is 4.79 Å². The van der Waals surface area contributed by atoms with Crippen LogP contribution in [-0.2, 0) is 5.41 Å². The number of anilines is 1. The Morgan fingerprint density at radius 2 is 1.75 bits per heavy atom. The van der Waals surface area contributed by atoms with E-state index >= 15 is 0 Å². The van der Waals surface area contributed by atoms with Crippen molar-refractivity contribution in [3.8, 4) is 11.3 Å². The number of carbonyl (C=O) groups is 1. The van der Waals surface area contributed by atoms with Gasteiger partial charge >= 0.3 is 0 Å². The van der Waals surface area contributed by atoms with Gasteiger partial charge in [0.05, 0.1) is 11.2 Å². The Bertz CT molecular complexity index is 1410. The Kier molecular flexibility index (Phi) is 5.99. The third-order valence-electron chi connectivity index (χ3n) is 6.62. The number of piperazine rings is 1. The lowest BCUT2D eigenvalue weighted by molar-refractivity contribution is 0.0482. The molecule has 0 N–H and O–H groups in total. The highest BCUT2D eigenvalue weighted by Crippen LogP contribution is 2.36. The highest BCUT2D eigenvalue weighted by molar-refractivity contribution is 6.30. The van der Waals surface area contributed by atoms with Crippen LogP contribution in [0.4, 0.5) is 5.95 Å². The van der Waals surface area contributed by atoms with Gasteiger partial charge in [-0.05, 0) is 43.5 Å². The Balaban J connectivity index is 1.50. The molecule has 0 atom stereocenters. The molecule has 0 unspecified atom stereocenters. The molecule has 1 aromatic carbocycles. The Morgan fingerprint density at radius 1 is 1.06 bits per heavy atom. The highest BCUT2D eigenvalue weighted by atomic mass is 35.5. The van der Waals surface area contributed by atoms with Crippen LogP contribution < -0.4 is 4.90 Å². The summed E-state index contributed by atoms with van der Waals surface area (Å²) in [6, 6.07) is 13.2. The number of hydrogen-bond acceptors (Lipinski definition) is 6. The number of nitrogens with zero attached hydrogens (tertiary/aromatic N) is 5. The average molecular weight is 504 g/mol. The second-order valence-electron chi connectivity index (χ2n) is 10.9. The summed E-state index contributed by atoms with van der Waals surface area (Å²) in [5, 5.41) is 0.675. The summed E-state index contributed by atoms with van der Waals surface area (Å²) in [5.41, 5.74) is 3.45. The number of carbonyl (C=O) groups excluding carboxylic acids is 1. The van der Waals surface area contributed by atoms with Gasteiger partial charge in [-0.2, -0.15) is 0 Å². The number of fused-ring (bicyclic) bond motifs is 1. The zero-order chi connectivity index (χ0) is 25.7. The van der Waals surface area contributed by atoms with Crippen LogP contribution in [-0.4, -0.2) is 50.9 Å². The van der Waals surface area contributed by atoms with Gasteiger partial charge in [0.15, 0.2) is 11.3 Å². The van der Waals surface area contributed by atoms with E-state index in [0.717, 1.165) is 16.8 Å². The third kappa shape index (κ3) is 4.55. The van der Waals surface area contributed by atoms with E-state index in [1.54, 1.807) is 24.5 Å². The average Bonchev–Trinajstić information content (AvgIpc) is 3.27. The van der Waals surface area contributed by atoms with Gasteiger partial charge in [0.25, 0.3) is 5.91 Å². The van der Waals surface area contributed by atoms with Crippen molar-refractivity contribution < 1.29 is 9.21 Å².